The second-order valence-corrected chi connectivity index (χ2v) is 5.26. The van der Waals surface area contributed by atoms with Crippen LogP contribution in [0.15, 0.2) is 0 Å². The summed E-state index contributed by atoms with van der Waals surface area (Å²) in [4.78, 5) is 26.7. The molecule has 1 saturated heterocycles. The number of amides is 2. The summed E-state index contributed by atoms with van der Waals surface area (Å²) in [7, 11) is 0. The van der Waals surface area contributed by atoms with Gasteiger partial charge in [-0.2, -0.15) is 0 Å². The molecule has 1 saturated carbocycles. The molecule has 2 amide bonds. The number of hydrogen-bond donors (Lipinski definition) is 1. The maximum atomic E-state index is 12.4. The van der Waals surface area contributed by atoms with Gasteiger partial charge in [-0.3, -0.25) is 0 Å². The quantitative estimate of drug-likeness (QED) is 0.828. The number of nitrogens with zero attached hydrogens (tertiary/aromatic N) is 2. The lowest BCUT2D eigenvalue weighted by molar-refractivity contribution is -0.154. The minimum atomic E-state index is -1.00. The number of carboxylic acid groups (broad SMARTS) is 1. The Bertz CT molecular complexity index is 344. The van der Waals surface area contributed by atoms with E-state index in [0.29, 0.717) is 25.6 Å². The zero-order chi connectivity index (χ0) is 13.8. The molecule has 1 aliphatic heterocycles. The molecule has 0 bridgehead atoms. The van der Waals surface area contributed by atoms with E-state index in [0.717, 1.165) is 6.54 Å². The fourth-order valence-corrected chi connectivity index (χ4v) is 2.50. The minimum Gasteiger partial charge on any atom is -0.479 e. The van der Waals surface area contributed by atoms with E-state index < -0.39 is 12.1 Å². The third kappa shape index (κ3) is 3.37. The fourth-order valence-electron chi connectivity index (χ4n) is 2.50. The van der Waals surface area contributed by atoms with Crippen molar-refractivity contribution >= 4 is 12.0 Å². The normalized spacial score (nSPS) is 23.8. The molecule has 1 heterocycles. The monoisotopic (exact) mass is 270 g/mol. The number of carbonyl (C=O) groups is 2. The summed E-state index contributed by atoms with van der Waals surface area (Å²) in [5.74, 6) is -0.375. The highest BCUT2D eigenvalue weighted by atomic mass is 16.5. The van der Waals surface area contributed by atoms with Crippen molar-refractivity contribution < 1.29 is 19.4 Å². The molecule has 1 N–H and O–H groups in total. The zero-order valence-electron chi connectivity index (χ0n) is 11.4. The zero-order valence-corrected chi connectivity index (χ0v) is 11.4. The Kier molecular flexibility index (Phi) is 4.63. The predicted octanol–water partition coefficient (Wildman–Crippen LogP) is 1.01. The highest BCUT2D eigenvalue weighted by molar-refractivity contribution is 5.77. The van der Waals surface area contributed by atoms with Gasteiger partial charge >= 0.3 is 12.0 Å². The summed E-state index contributed by atoms with van der Waals surface area (Å²) < 4.78 is 5.13. The van der Waals surface area contributed by atoms with Crippen LogP contribution in [-0.2, 0) is 9.53 Å². The van der Waals surface area contributed by atoms with Crippen molar-refractivity contribution in [3.05, 3.63) is 0 Å². The first kappa shape index (κ1) is 14.1. The van der Waals surface area contributed by atoms with E-state index in [9.17, 15) is 9.59 Å². The number of rotatable bonds is 4. The van der Waals surface area contributed by atoms with E-state index in [1.165, 1.54) is 19.3 Å². The maximum absolute atomic E-state index is 12.4. The first-order valence-electron chi connectivity index (χ1n) is 7.00. The fraction of sp³-hybridized carbons (Fsp3) is 0.846. The lowest BCUT2D eigenvalue weighted by Crippen LogP contribution is -2.53. The van der Waals surface area contributed by atoms with Crippen molar-refractivity contribution in [2.75, 3.05) is 32.8 Å². The van der Waals surface area contributed by atoms with Crippen LogP contribution in [0.4, 0.5) is 4.79 Å². The van der Waals surface area contributed by atoms with Crippen LogP contribution < -0.4 is 0 Å². The molecule has 6 nitrogen and oxygen atoms in total. The van der Waals surface area contributed by atoms with Crippen LogP contribution in [0.25, 0.3) is 0 Å². The molecule has 2 rings (SSSR count). The summed E-state index contributed by atoms with van der Waals surface area (Å²) in [5, 5.41) is 8.95. The van der Waals surface area contributed by atoms with Gasteiger partial charge in [-0.15, -0.1) is 0 Å². The predicted molar refractivity (Wildman–Crippen MR) is 68.9 cm³/mol. The SMILES string of the molecule is CCN(CC1CCC1)C(=O)N1CCOC(C(=O)O)C1. The molecular weight excluding hydrogens is 248 g/mol. The van der Waals surface area contributed by atoms with Gasteiger partial charge in [0.05, 0.1) is 13.2 Å². The molecule has 19 heavy (non-hydrogen) atoms. The molecule has 1 aliphatic carbocycles. The van der Waals surface area contributed by atoms with Gasteiger partial charge < -0.3 is 19.6 Å². The average molecular weight is 270 g/mol. The maximum Gasteiger partial charge on any atom is 0.334 e. The second kappa shape index (κ2) is 6.23. The molecule has 2 fully saturated rings. The first-order chi connectivity index (χ1) is 9.11. The third-order valence-electron chi connectivity index (χ3n) is 3.97. The average Bonchev–Trinajstić information content (AvgIpc) is 2.37. The second-order valence-electron chi connectivity index (χ2n) is 5.26. The molecule has 0 aromatic carbocycles. The highest BCUT2D eigenvalue weighted by Gasteiger charge is 2.32. The van der Waals surface area contributed by atoms with E-state index >= 15 is 0 Å². The van der Waals surface area contributed by atoms with Crippen LogP contribution in [0.2, 0.25) is 0 Å². The molecule has 0 aromatic heterocycles. The summed E-state index contributed by atoms with van der Waals surface area (Å²) in [6.45, 7) is 4.35. The van der Waals surface area contributed by atoms with Gasteiger partial charge in [0.2, 0.25) is 0 Å². The standard InChI is InChI=1S/C13H22N2O4/c1-2-14(8-10-4-3-5-10)13(18)15-6-7-19-11(9-15)12(16)17/h10-11H,2-9H2,1H3,(H,16,17). The Labute approximate surface area is 113 Å². The lowest BCUT2D eigenvalue weighted by Gasteiger charge is -2.37. The lowest BCUT2D eigenvalue weighted by atomic mass is 9.85. The van der Waals surface area contributed by atoms with E-state index in [1.54, 1.807) is 4.90 Å². The van der Waals surface area contributed by atoms with E-state index in [2.05, 4.69) is 0 Å². The van der Waals surface area contributed by atoms with E-state index in [4.69, 9.17) is 9.84 Å². The number of ether oxygens (including phenoxy) is 1. The number of hydrogen-bond acceptors (Lipinski definition) is 3. The number of aliphatic carboxylic acids is 1. The molecular formula is C13H22N2O4. The first-order valence-corrected chi connectivity index (χ1v) is 7.00. The third-order valence-corrected chi connectivity index (χ3v) is 3.97. The number of carboxylic acids is 1. The Morgan fingerprint density at radius 1 is 1.42 bits per heavy atom. The molecule has 0 spiro atoms. The Hall–Kier alpha value is -1.30. The largest absolute Gasteiger partial charge is 0.479 e. The van der Waals surface area contributed by atoms with Crippen LogP contribution in [0.1, 0.15) is 26.2 Å². The Balaban J connectivity index is 1.90. The summed E-state index contributed by atoms with van der Waals surface area (Å²) in [6.07, 6.45) is 2.77. The summed E-state index contributed by atoms with van der Waals surface area (Å²) in [5.41, 5.74) is 0. The van der Waals surface area contributed by atoms with E-state index in [1.807, 2.05) is 11.8 Å². The van der Waals surface area contributed by atoms with Gasteiger partial charge in [-0.25, -0.2) is 9.59 Å². The van der Waals surface area contributed by atoms with Crippen molar-refractivity contribution in [2.24, 2.45) is 5.92 Å². The van der Waals surface area contributed by atoms with Gasteiger partial charge in [-0.05, 0) is 25.7 Å². The van der Waals surface area contributed by atoms with Crippen molar-refractivity contribution in [1.82, 2.24) is 9.80 Å². The van der Waals surface area contributed by atoms with Crippen molar-refractivity contribution in [1.29, 1.82) is 0 Å². The number of morpholine rings is 1. The van der Waals surface area contributed by atoms with Gasteiger partial charge in [0.1, 0.15) is 0 Å². The van der Waals surface area contributed by atoms with Crippen molar-refractivity contribution in [3.8, 4) is 0 Å². The Morgan fingerprint density at radius 3 is 2.68 bits per heavy atom. The van der Waals surface area contributed by atoms with Gasteiger partial charge in [0.15, 0.2) is 6.10 Å². The molecule has 1 unspecified atom stereocenters. The smallest absolute Gasteiger partial charge is 0.334 e. The van der Waals surface area contributed by atoms with Gasteiger partial charge in [0.25, 0.3) is 0 Å². The van der Waals surface area contributed by atoms with Crippen LogP contribution >= 0.6 is 0 Å². The molecule has 1 atom stereocenters. The molecule has 2 aliphatic rings. The highest BCUT2D eigenvalue weighted by Crippen LogP contribution is 2.27. The van der Waals surface area contributed by atoms with Crippen LogP contribution in [0.3, 0.4) is 0 Å². The molecule has 0 radical (unpaired) electrons. The van der Waals surface area contributed by atoms with Gasteiger partial charge in [-0.1, -0.05) is 6.42 Å². The van der Waals surface area contributed by atoms with Crippen molar-refractivity contribution in [3.63, 3.8) is 0 Å². The molecule has 6 heteroatoms. The molecule has 108 valence electrons. The van der Waals surface area contributed by atoms with Crippen LogP contribution in [0, 0.1) is 5.92 Å². The van der Waals surface area contributed by atoms with Crippen molar-refractivity contribution in [2.45, 2.75) is 32.3 Å². The topological polar surface area (TPSA) is 70.1 Å². The molecule has 0 aromatic rings. The van der Waals surface area contributed by atoms with Gasteiger partial charge in [0, 0.05) is 19.6 Å². The Morgan fingerprint density at radius 2 is 2.16 bits per heavy atom. The minimum absolute atomic E-state index is 0.0519. The summed E-state index contributed by atoms with van der Waals surface area (Å²) >= 11 is 0. The summed E-state index contributed by atoms with van der Waals surface area (Å²) in [6, 6.07) is -0.0519. The number of carbonyl (C=O) groups excluding carboxylic acids is 1. The van der Waals surface area contributed by atoms with Crippen LogP contribution in [-0.4, -0.2) is 65.8 Å². The van der Waals surface area contributed by atoms with Crippen LogP contribution in [0.5, 0.6) is 0 Å². The number of urea groups is 1. The van der Waals surface area contributed by atoms with E-state index in [-0.39, 0.29) is 12.6 Å².